The van der Waals surface area contributed by atoms with Gasteiger partial charge < -0.3 is 0 Å². The first-order valence-electron chi connectivity index (χ1n) is 9.49. The van der Waals surface area contributed by atoms with E-state index < -0.39 is 24.8 Å². The second-order valence-corrected chi connectivity index (χ2v) is 7.46. The number of Topliss-reactive ketones (excluding diaryl/α,β-unsaturated/α-hetero) is 2. The predicted octanol–water partition coefficient (Wildman–Crippen LogP) is 5.05. The number of carbonyl (C=O) groups is 2. The Balaban J connectivity index is 1.54. The van der Waals surface area contributed by atoms with Gasteiger partial charge in [-0.05, 0) is 36.6 Å². The zero-order valence-corrected chi connectivity index (χ0v) is 15.6. The minimum atomic E-state index is -4.33. The molecule has 0 bridgehead atoms. The molecule has 0 radical (unpaired) electrons. The van der Waals surface area contributed by atoms with Crippen LogP contribution in [0.3, 0.4) is 0 Å². The fourth-order valence-electron chi connectivity index (χ4n) is 3.37. The molecule has 2 aromatic heterocycles. The molecule has 1 aliphatic rings. The SMILES string of the molecule is O=C(CCC(F)(F)F)Cc1cccc(-c2cnc3cc(C(=O)C4CC4)ccn23)c1. The molecule has 1 aliphatic carbocycles. The number of rotatable bonds is 7. The Labute approximate surface area is 165 Å². The van der Waals surface area contributed by atoms with Crippen LogP contribution >= 0.6 is 0 Å². The van der Waals surface area contributed by atoms with Crippen molar-refractivity contribution in [2.75, 3.05) is 0 Å². The minimum Gasteiger partial charge on any atom is -0.300 e. The summed E-state index contributed by atoms with van der Waals surface area (Å²) in [5.41, 5.74) is 3.55. The lowest BCUT2D eigenvalue weighted by Crippen LogP contribution is -2.12. The number of imidazole rings is 1. The summed E-state index contributed by atoms with van der Waals surface area (Å²) in [5.74, 6) is -0.157. The lowest BCUT2D eigenvalue weighted by molar-refractivity contribution is -0.143. The van der Waals surface area contributed by atoms with Crippen LogP contribution in [0.1, 0.15) is 41.6 Å². The number of fused-ring (bicyclic) bond motifs is 1. The van der Waals surface area contributed by atoms with E-state index in [2.05, 4.69) is 4.98 Å². The highest BCUT2D eigenvalue weighted by Gasteiger charge is 2.30. The van der Waals surface area contributed by atoms with Gasteiger partial charge in [0.05, 0.1) is 18.3 Å². The molecule has 0 atom stereocenters. The molecule has 1 fully saturated rings. The van der Waals surface area contributed by atoms with E-state index in [9.17, 15) is 22.8 Å². The first-order chi connectivity index (χ1) is 13.8. The van der Waals surface area contributed by atoms with E-state index in [-0.39, 0.29) is 18.1 Å². The van der Waals surface area contributed by atoms with Crippen LogP contribution < -0.4 is 0 Å². The summed E-state index contributed by atoms with van der Waals surface area (Å²) >= 11 is 0. The highest BCUT2D eigenvalue weighted by Crippen LogP contribution is 2.33. The van der Waals surface area contributed by atoms with Gasteiger partial charge in [0.25, 0.3) is 0 Å². The molecule has 1 aromatic carbocycles. The lowest BCUT2D eigenvalue weighted by Gasteiger charge is -2.07. The zero-order valence-electron chi connectivity index (χ0n) is 15.6. The van der Waals surface area contributed by atoms with Crippen molar-refractivity contribution < 1.29 is 22.8 Å². The van der Waals surface area contributed by atoms with E-state index in [1.165, 1.54) is 0 Å². The quantitative estimate of drug-likeness (QED) is 0.522. The van der Waals surface area contributed by atoms with Crippen LogP contribution in [0.4, 0.5) is 13.2 Å². The zero-order chi connectivity index (χ0) is 20.6. The second-order valence-electron chi connectivity index (χ2n) is 7.46. The molecule has 7 heteroatoms. The van der Waals surface area contributed by atoms with Gasteiger partial charge in [-0.2, -0.15) is 13.2 Å². The van der Waals surface area contributed by atoms with Gasteiger partial charge in [0.2, 0.25) is 0 Å². The van der Waals surface area contributed by atoms with E-state index >= 15 is 0 Å². The van der Waals surface area contributed by atoms with Crippen LogP contribution in [-0.4, -0.2) is 27.1 Å². The molecule has 3 aromatic rings. The molecule has 0 spiro atoms. The van der Waals surface area contributed by atoms with E-state index in [0.717, 1.165) is 24.1 Å². The molecule has 0 aliphatic heterocycles. The normalized spacial score (nSPS) is 14.3. The Kier molecular flexibility index (Phi) is 4.98. The Morgan fingerprint density at radius 2 is 1.93 bits per heavy atom. The van der Waals surface area contributed by atoms with Gasteiger partial charge in [-0.25, -0.2) is 4.98 Å². The summed E-state index contributed by atoms with van der Waals surface area (Å²) in [7, 11) is 0. The number of benzene rings is 1. The maximum atomic E-state index is 12.3. The van der Waals surface area contributed by atoms with Crippen molar-refractivity contribution in [3.63, 3.8) is 0 Å². The van der Waals surface area contributed by atoms with E-state index in [4.69, 9.17) is 0 Å². The maximum Gasteiger partial charge on any atom is 0.389 e. The van der Waals surface area contributed by atoms with Crippen LogP contribution in [0.5, 0.6) is 0 Å². The van der Waals surface area contributed by atoms with Crippen LogP contribution in [0.2, 0.25) is 0 Å². The Bertz CT molecular complexity index is 1080. The Morgan fingerprint density at radius 1 is 1.14 bits per heavy atom. The van der Waals surface area contributed by atoms with Gasteiger partial charge in [0.15, 0.2) is 5.78 Å². The number of hydrogen-bond acceptors (Lipinski definition) is 3. The molecule has 0 N–H and O–H groups in total. The van der Waals surface area contributed by atoms with Crippen molar-refractivity contribution in [1.82, 2.24) is 9.38 Å². The molecular formula is C22H19F3N2O2. The number of nitrogens with zero attached hydrogens (tertiary/aromatic N) is 2. The highest BCUT2D eigenvalue weighted by molar-refractivity contribution is 6.00. The van der Waals surface area contributed by atoms with Gasteiger partial charge in [0, 0.05) is 36.1 Å². The molecule has 150 valence electrons. The highest BCUT2D eigenvalue weighted by atomic mass is 19.4. The smallest absolute Gasteiger partial charge is 0.300 e. The third-order valence-electron chi connectivity index (χ3n) is 5.06. The Hall–Kier alpha value is -2.96. The standard InChI is InChI=1S/C22H19F3N2O2/c23-22(24,25)8-6-18(28)11-14-2-1-3-16(10-14)19-13-26-20-12-17(7-9-27(19)20)21(29)15-4-5-15/h1-3,7,9-10,12-13,15H,4-6,8,11H2. The number of alkyl halides is 3. The number of aromatic nitrogens is 2. The van der Waals surface area contributed by atoms with Crippen LogP contribution in [0, 0.1) is 5.92 Å². The van der Waals surface area contributed by atoms with Gasteiger partial charge in [-0.3, -0.25) is 14.0 Å². The fraction of sp³-hybridized carbons (Fsp3) is 0.318. The van der Waals surface area contributed by atoms with Gasteiger partial charge in [-0.15, -0.1) is 0 Å². The molecule has 0 unspecified atom stereocenters. The topological polar surface area (TPSA) is 51.4 Å². The molecule has 0 saturated heterocycles. The predicted molar refractivity (Wildman–Crippen MR) is 102 cm³/mol. The van der Waals surface area contributed by atoms with E-state index in [1.54, 1.807) is 42.7 Å². The van der Waals surface area contributed by atoms with Crippen molar-refractivity contribution in [1.29, 1.82) is 0 Å². The molecule has 29 heavy (non-hydrogen) atoms. The monoisotopic (exact) mass is 400 g/mol. The molecule has 2 heterocycles. The van der Waals surface area contributed by atoms with Gasteiger partial charge >= 0.3 is 6.18 Å². The first-order valence-corrected chi connectivity index (χ1v) is 9.49. The van der Waals surface area contributed by atoms with Gasteiger partial charge in [-0.1, -0.05) is 18.2 Å². The first kappa shape index (κ1) is 19.4. The second kappa shape index (κ2) is 7.46. The van der Waals surface area contributed by atoms with Crippen molar-refractivity contribution >= 4 is 17.2 Å². The third-order valence-corrected chi connectivity index (χ3v) is 5.06. The summed E-state index contributed by atoms with van der Waals surface area (Å²) in [5, 5.41) is 0. The summed E-state index contributed by atoms with van der Waals surface area (Å²) in [4.78, 5) is 28.5. The number of halogens is 3. The number of hydrogen-bond donors (Lipinski definition) is 0. The lowest BCUT2D eigenvalue weighted by atomic mass is 10.0. The summed E-state index contributed by atoms with van der Waals surface area (Å²) in [6.07, 6.45) is -0.605. The van der Waals surface area contributed by atoms with Crippen molar-refractivity contribution in [2.24, 2.45) is 5.92 Å². The van der Waals surface area contributed by atoms with Crippen molar-refractivity contribution in [3.05, 3.63) is 59.9 Å². The fourth-order valence-corrected chi connectivity index (χ4v) is 3.37. The molecular weight excluding hydrogens is 381 g/mol. The molecule has 0 amide bonds. The van der Waals surface area contributed by atoms with Gasteiger partial charge in [0.1, 0.15) is 11.4 Å². The third kappa shape index (κ3) is 4.55. The summed E-state index contributed by atoms with van der Waals surface area (Å²) < 4.78 is 38.7. The number of pyridine rings is 1. The van der Waals surface area contributed by atoms with Crippen molar-refractivity contribution in [3.8, 4) is 11.3 Å². The molecule has 1 saturated carbocycles. The largest absolute Gasteiger partial charge is 0.389 e. The van der Waals surface area contributed by atoms with Crippen molar-refractivity contribution in [2.45, 2.75) is 38.3 Å². The van der Waals surface area contributed by atoms with Crippen LogP contribution in [0.25, 0.3) is 16.9 Å². The van der Waals surface area contributed by atoms with E-state index in [1.807, 2.05) is 10.5 Å². The maximum absolute atomic E-state index is 12.3. The van der Waals surface area contributed by atoms with Crippen LogP contribution in [0.15, 0.2) is 48.8 Å². The van der Waals surface area contributed by atoms with E-state index in [0.29, 0.717) is 16.8 Å². The average Bonchev–Trinajstić information content (AvgIpc) is 3.44. The minimum absolute atomic E-state index is 0.0410. The Morgan fingerprint density at radius 3 is 2.66 bits per heavy atom. The molecule has 4 nitrogen and oxygen atoms in total. The number of carbonyl (C=O) groups excluding carboxylic acids is 2. The average molecular weight is 400 g/mol. The summed E-state index contributed by atoms with van der Waals surface area (Å²) in [6, 6.07) is 10.7. The molecule has 4 rings (SSSR count). The number of ketones is 2. The summed E-state index contributed by atoms with van der Waals surface area (Å²) in [6.45, 7) is 0. The van der Waals surface area contributed by atoms with Crippen LogP contribution in [-0.2, 0) is 11.2 Å².